The van der Waals surface area contributed by atoms with Crippen molar-refractivity contribution in [1.82, 2.24) is 9.80 Å². The van der Waals surface area contributed by atoms with Gasteiger partial charge in [0.05, 0.1) is 6.67 Å². The molecule has 0 saturated heterocycles. The summed E-state index contributed by atoms with van der Waals surface area (Å²) in [7, 11) is 2.10. The van der Waals surface area contributed by atoms with Gasteiger partial charge in [-0.1, -0.05) is 13.3 Å². The highest BCUT2D eigenvalue weighted by Crippen LogP contribution is 2.04. The SMILES string of the molecule is CCCCN1C=CN(C)C1.CCO. The molecular weight excluding hydrogens is 164 g/mol. The summed E-state index contributed by atoms with van der Waals surface area (Å²) in [6.45, 7) is 6.43. The molecule has 0 atom stereocenters. The van der Waals surface area contributed by atoms with Crippen LogP contribution in [0.5, 0.6) is 0 Å². The number of rotatable bonds is 3. The minimum absolute atomic E-state index is 0.250. The standard InChI is InChI=1S/C8H16N2.C2H6O/c1-3-4-5-10-7-6-9(2)8-10;1-2-3/h6-7H,3-5,8H2,1-2H3;3H,2H2,1H3. The molecule has 1 aliphatic rings. The van der Waals surface area contributed by atoms with E-state index in [0.29, 0.717) is 0 Å². The van der Waals surface area contributed by atoms with Crippen LogP contribution in [0.4, 0.5) is 0 Å². The molecule has 0 saturated carbocycles. The van der Waals surface area contributed by atoms with Crippen LogP contribution in [0.2, 0.25) is 0 Å². The Morgan fingerprint density at radius 1 is 1.31 bits per heavy atom. The second-order valence-corrected chi connectivity index (χ2v) is 3.18. The number of aliphatic hydroxyl groups excluding tert-OH is 1. The van der Waals surface area contributed by atoms with E-state index in [1.54, 1.807) is 6.92 Å². The molecule has 3 nitrogen and oxygen atoms in total. The Morgan fingerprint density at radius 2 is 1.92 bits per heavy atom. The van der Waals surface area contributed by atoms with Crippen molar-refractivity contribution >= 4 is 0 Å². The number of aliphatic hydroxyl groups is 1. The molecule has 0 aromatic carbocycles. The van der Waals surface area contributed by atoms with Crippen molar-refractivity contribution in [3.8, 4) is 0 Å². The van der Waals surface area contributed by atoms with Gasteiger partial charge >= 0.3 is 0 Å². The van der Waals surface area contributed by atoms with Crippen molar-refractivity contribution in [2.45, 2.75) is 26.7 Å². The van der Waals surface area contributed by atoms with Crippen LogP contribution < -0.4 is 0 Å². The number of hydrogen-bond donors (Lipinski definition) is 1. The van der Waals surface area contributed by atoms with E-state index in [9.17, 15) is 0 Å². The maximum absolute atomic E-state index is 7.57. The Morgan fingerprint density at radius 3 is 2.31 bits per heavy atom. The van der Waals surface area contributed by atoms with Crippen molar-refractivity contribution < 1.29 is 5.11 Å². The van der Waals surface area contributed by atoms with Gasteiger partial charge in [0.1, 0.15) is 0 Å². The molecule has 0 aromatic rings. The molecule has 1 aliphatic heterocycles. The second kappa shape index (κ2) is 7.92. The summed E-state index contributed by atoms with van der Waals surface area (Å²) >= 11 is 0. The van der Waals surface area contributed by atoms with Crippen LogP contribution in [-0.4, -0.2) is 41.8 Å². The van der Waals surface area contributed by atoms with Crippen molar-refractivity contribution in [2.75, 3.05) is 26.9 Å². The molecule has 0 unspecified atom stereocenters. The molecule has 1 heterocycles. The summed E-state index contributed by atoms with van der Waals surface area (Å²) in [6, 6.07) is 0. The smallest absolute Gasteiger partial charge is 0.0890 e. The summed E-state index contributed by atoms with van der Waals surface area (Å²) in [6.07, 6.45) is 6.87. The van der Waals surface area contributed by atoms with Crippen LogP contribution >= 0.6 is 0 Å². The zero-order valence-corrected chi connectivity index (χ0v) is 9.03. The predicted octanol–water partition coefficient (Wildman–Crippen LogP) is 1.46. The van der Waals surface area contributed by atoms with Gasteiger partial charge < -0.3 is 14.9 Å². The fourth-order valence-corrected chi connectivity index (χ4v) is 1.10. The lowest BCUT2D eigenvalue weighted by atomic mass is 10.3. The Bertz CT molecular complexity index is 137. The second-order valence-electron chi connectivity index (χ2n) is 3.18. The molecule has 1 rings (SSSR count). The summed E-state index contributed by atoms with van der Waals surface area (Å²) < 4.78 is 0. The highest BCUT2D eigenvalue weighted by atomic mass is 16.2. The average Bonchev–Trinajstić information content (AvgIpc) is 2.49. The molecule has 0 radical (unpaired) electrons. The first-order valence-electron chi connectivity index (χ1n) is 4.98. The van der Waals surface area contributed by atoms with Crippen LogP contribution in [-0.2, 0) is 0 Å². The lowest BCUT2D eigenvalue weighted by molar-refractivity contribution is 0.293. The fraction of sp³-hybridized carbons (Fsp3) is 0.800. The number of unbranched alkanes of at least 4 members (excludes halogenated alkanes) is 1. The molecule has 13 heavy (non-hydrogen) atoms. The molecule has 0 spiro atoms. The zero-order valence-electron chi connectivity index (χ0n) is 9.03. The quantitative estimate of drug-likeness (QED) is 0.723. The molecular formula is C10H22N2O. The molecule has 0 aromatic heterocycles. The number of nitrogens with zero attached hydrogens (tertiary/aromatic N) is 2. The number of hydrogen-bond acceptors (Lipinski definition) is 3. The van der Waals surface area contributed by atoms with Gasteiger partial charge in [-0.15, -0.1) is 0 Å². The van der Waals surface area contributed by atoms with Crippen LogP contribution in [0.25, 0.3) is 0 Å². The van der Waals surface area contributed by atoms with E-state index >= 15 is 0 Å². The third-order valence-electron chi connectivity index (χ3n) is 1.74. The van der Waals surface area contributed by atoms with E-state index in [2.05, 4.69) is 36.2 Å². The van der Waals surface area contributed by atoms with Crippen molar-refractivity contribution in [2.24, 2.45) is 0 Å². The molecule has 1 N–H and O–H groups in total. The first-order chi connectivity index (χ1) is 6.24. The van der Waals surface area contributed by atoms with E-state index < -0.39 is 0 Å². The van der Waals surface area contributed by atoms with Gasteiger partial charge in [0.2, 0.25) is 0 Å². The first-order valence-corrected chi connectivity index (χ1v) is 4.98. The molecule has 0 aliphatic carbocycles. The first kappa shape index (κ1) is 12.3. The van der Waals surface area contributed by atoms with Gasteiger partial charge in [0.15, 0.2) is 0 Å². The van der Waals surface area contributed by atoms with Gasteiger partial charge in [0.25, 0.3) is 0 Å². The Kier molecular flexibility index (Phi) is 7.50. The van der Waals surface area contributed by atoms with Gasteiger partial charge in [-0.25, -0.2) is 0 Å². The van der Waals surface area contributed by atoms with Crippen LogP contribution in [0.1, 0.15) is 26.7 Å². The van der Waals surface area contributed by atoms with E-state index in [-0.39, 0.29) is 6.61 Å². The monoisotopic (exact) mass is 186 g/mol. The van der Waals surface area contributed by atoms with Crippen molar-refractivity contribution in [3.63, 3.8) is 0 Å². The van der Waals surface area contributed by atoms with Crippen LogP contribution in [0.15, 0.2) is 12.4 Å². The molecule has 0 fully saturated rings. The van der Waals surface area contributed by atoms with E-state index in [0.717, 1.165) is 6.67 Å². The third kappa shape index (κ3) is 6.46. The highest BCUT2D eigenvalue weighted by Gasteiger charge is 2.05. The summed E-state index contributed by atoms with van der Waals surface area (Å²) in [5, 5.41) is 7.57. The van der Waals surface area contributed by atoms with Crippen LogP contribution in [0.3, 0.4) is 0 Å². The van der Waals surface area contributed by atoms with Crippen LogP contribution in [0, 0.1) is 0 Å². The Labute approximate surface area is 81.6 Å². The third-order valence-corrected chi connectivity index (χ3v) is 1.74. The van der Waals surface area contributed by atoms with Gasteiger partial charge in [-0.2, -0.15) is 0 Å². The van der Waals surface area contributed by atoms with E-state index in [1.807, 2.05) is 0 Å². The Hall–Kier alpha value is -0.700. The topological polar surface area (TPSA) is 26.7 Å². The lowest BCUT2D eigenvalue weighted by Crippen LogP contribution is -2.23. The Balaban J connectivity index is 0.000000424. The minimum Gasteiger partial charge on any atom is -0.397 e. The largest absolute Gasteiger partial charge is 0.397 e. The van der Waals surface area contributed by atoms with Gasteiger partial charge in [-0.3, -0.25) is 0 Å². The van der Waals surface area contributed by atoms with E-state index in [4.69, 9.17) is 5.11 Å². The summed E-state index contributed by atoms with van der Waals surface area (Å²) in [5.74, 6) is 0. The average molecular weight is 186 g/mol. The molecule has 3 heteroatoms. The maximum atomic E-state index is 7.57. The van der Waals surface area contributed by atoms with E-state index in [1.165, 1.54) is 19.4 Å². The predicted molar refractivity (Wildman–Crippen MR) is 56.1 cm³/mol. The normalized spacial score (nSPS) is 14.5. The van der Waals surface area contributed by atoms with Crippen molar-refractivity contribution in [3.05, 3.63) is 12.4 Å². The fourth-order valence-electron chi connectivity index (χ4n) is 1.10. The minimum atomic E-state index is 0.250. The van der Waals surface area contributed by atoms with Crippen molar-refractivity contribution in [1.29, 1.82) is 0 Å². The lowest BCUT2D eigenvalue weighted by Gasteiger charge is -2.17. The molecule has 78 valence electrons. The van der Waals surface area contributed by atoms with Gasteiger partial charge in [-0.05, 0) is 13.3 Å². The molecule has 0 bridgehead atoms. The maximum Gasteiger partial charge on any atom is 0.0890 e. The molecule has 0 amide bonds. The zero-order chi connectivity index (χ0) is 10.1. The van der Waals surface area contributed by atoms with Gasteiger partial charge in [0, 0.05) is 32.6 Å². The summed E-state index contributed by atoms with van der Waals surface area (Å²) in [4.78, 5) is 4.53. The summed E-state index contributed by atoms with van der Waals surface area (Å²) in [5.41, 5.74) is 0. The highest BCUT2D eigenvalue weighted by molar-refractivity contribution is 4.88.